The van der Waals surface area contributed by atoms with Crippen molar-refractivity contribution in [3.05, 3.63) is 30.7 Å². The summed E-state index contributed by atoms with van der Waals surface area (Å²) in [4.78, 5) is 0. The third-order valence-electron chi connectivity index (χ3n) is 0.556. The van der Waals surface area contributed by atoms with E-state index in [2.05, 4.69) is 0 Å². The van der Waals surface area contributed by atoms with Crippen LogP contribution in [0.1, 0.15) is 0 Å². The van der Waals surface area contributed by atoms with Crippen LogP contribution in [-0.2, 0) is 0 Å². The largest absolute Gasteiger partial charge is 0.0767 e. The molecule has 1 heteroatoms. The zero-order chi connectivity index (χ0) is 3.54. The van der Waals surface area contributed by atoms with Gasteiger partial charge in [-0.2, -0.15) is 0 Å². The Morgan fingerprint density at radius 1 is 0.667 bits per heavy atom. The van der Waals surface area contributed by atoms with E-state index in [1.54, 1.807) is 0 Å². The van der Waals surface area contributed by atoms with Crippen LogP contribution in [0.3, 0.4) is 0 Å². The maximum absolute atomic E-state index is 2.00. The Bertz CT molecular complexity index is 62.0. The molecule has 0 N–H and O–H groups in total. The maximum Gasteiger partial charge on any atom is 0.00506 e. The first-order valence-corrected chi connectivity index (χ1v) is 1.67. The third kappa shape index (κ3) is 1.72. The summed E-state index contributed by atoms with van der Waals surface area (Å²) in [7, 11) is 0. The molecule has 0 fully saturated rings. The molecule has 33 valence electrons. The van der Waals surface area contributed by atoms with E-state index < -0.39 is 0 Å². The molecule has 0 saturated carbocycles. The van der Waals surface area contributed by atoms with Crippen LogP contribution in [0.5, 0.6) is 0 Å². The standard InChI is InChI=1S/C5H5.Bi.3H/c1-2-4-5-3-1;;;;/h1-5H;;;;. The first kappa shape index (κ1) is 6.36. The van der Waals surface area contributed by atoms with Crippen LogP contribution in [0.2, 0.25) is 0 Å². The predicted octanol–water partition coefficient (Wildman–Crippen LogP) is 0.133. The van der Waals surface area contributed by atoms with Gasteiger partial charge in [-0.3, -0.25) is 0 Å². The van der Waals surface area contributed by atoms with Crippen LogP contribution in [0, 0.1) is 6.42 Å². The van der Waals surface area contributed by atoms with E-state index in [0.717, 1.165) is 0 Å². The molecule has 0 heterocycles. The van der Waals surface area contributed by atoms with Crippen LogP contribution in [0.4, 0.5) is 0 Å². The minimum Gasteiger partial charge on any atom is -0.0767 e. The molecule has 0 aromatic heterocycles. The number of hydrogen-bond donors (Lipinski definition) is 0. The molecule has 1 aliphatic rings. The molecule has 1 rings (SSSR count). The Hall–Kier alpha value is 0.363. The van der Waals surface area contributed by atoms with Gasteiger partial charge >= 0.3 is 26.2 Å². The molecule has 1 radical (unpaired) electrons. The molecule has 0 bridgehead atoms. The molecular formula is C5H8Bi. The molecule has 0 atom stereocenters. The second-order valence-electron chi connectivity index (χ2n) is 0.962. The molecule has 0 aliphatic heterocycles. The first-order valence-electron chi connectivity index (χ1n) is 1.67. The molecule has 0 unspecified atom stereocenters. The van der Waals surface area contributed by atoms with Gasteiger partial charge in [0.15, 0.2) is 0 Å². The van der Waals surface area contributed by atoms with Gasteiger partial charge in [0.25, 0.3) is 0 Å². The van der Waals surface area contributed by atoms with Gasteiger partial charge in [-0.1, -0.05) is 24.3 Å². The molecule has 0 spiro atoms. The topological polar surface area (TPSA) is 0 Å². The Balaban J connectivity index is 0.000000250. The number of allylic oxidation sites excluding steroid dienone is 4. The fraction of sp³-hybridized carbons (Fsp3) is 0. The van der Waals surface area contributed by atoms with Crippen molar-refractivity contribution in [1.29, 1.82) is 0 Å². The summed E-state index contributed by atoms with van der Waals surface area (Å²) in [5.74, 6) is 0. The van der Waals surface area contributed by atoms with Gasteiger partial charge < -0.3 is 0 Å². The summed E-state index contributed by atoms with van der Waals surface area (Å²) in [5.41, 5.74) is 0. The Morgan fingerprint density at radius 2 is 1.17 bits per heavy atom. The van der Waals surface area contributed by atoms with Gasteiger partial charge in [0.1, 0.15) is 0 Å². The van der Waals surface area contributed by atoms with Crippen molar-refractivity contribution in [2.75, 3.05) is 0 Å². The average molecular weight is 277 g/mol. The monoisotopic (exact) mass is 277 g/mol. The van der Waals surface area contributed by atoms with E-state index >= 15 is 0 Å². The van der Waals surface area contributed by atoms with Crippen molar-refractivity contribution in [2.45, 2.75) is 0 Å². The third-order valence-corrected chi connectivity index (χ3v) is 0.556. The van der Waals surface area contributed by atoms with E-state index in [1.165, 1.54) is 0 Å². The smallest absolute Gasteiger partial charge is 0.00506 e. The number of rotatable bonds is 0. The van der Waals surface area contributed by atoms with Crippen LogP contribution in [0.25, 0.3) is 0 Å². The molecule has 1 aliphatic carbocycles. The molecule has 0 saturated heterocycles. The van der Waals surface area contributed by atoms with Crippen molar-refractivity contribution < 1.29 is 0 Å². The second-order valence-corrected chi connectivity index (χ2v) is 0.962. The van der Waals surface area contributed by atoms with Gasteiger partial charge in [0.05, 0.1) is 0 Å². The van der Waals surface area contributed by atoms with Crippen molar-refractivity contribution in [2.24, 2.45) is 0 Å². The van der Waals surface area contributed by atoms with E-state index in [1.807, 2.05) is 30.7 Å². The SMILES string of the molecule is [BiH3].[CH]1C=CC=C1. The fourth-order valence-corrected chi connectivity index (χ4v) is 0.321. The maximum atomic E-state index is 2.00. The molecule has 0 aromatic rings. The summed E-state index contributed by atoms with van der Waals surface area (Å²) < 4.78 is 0. The normalized spacial score (nSPS) is 14.7. The summed E-state index contributed by atoms with van der Waals surface area (Å²) in [6.07, 6.45) is 10.0. The van der Waals surface area contributed by atoms with Gasteiger partial charge in [-0.25, -0.2) is 0 Å². The van der Waals surface area contributed by atoms with E-state index in [9.17, 15) is 0 Å². The average Bonchev–Trinajstić information content (AvgIpc) is 1.76. The van der Waals surface area contributed by atoms with Gasteiger partial charge in [-0.15, -0.1) is 0 Å². The minimum atomic E-state index is 0. The summed E-state index contributed by atoms with van der Waals surface area (Å²) >= 11 is 0. The fourth-order valence-electron chi connectivity index (χ4n) is 0.321. The second kappa shape index (κ2) is 3.55. The van der Waals surface area contributed by atoms with E-state index in [4.69, 9.17) is 0 Å². The minimum absolute atomic E-state index is 0. The van der Waals surface area contributed by atoms with Crippen LogP contribution < -0.4 is 0 Å². The Morgan fingerprint density at radius 3 is 1.33 bits per heavy atom. The van der Waals surface area contributed by atoms with Crippen LogP contribution in [0.15, 0.2) is 24.3 Å². The molecular weight excluding hydrogens is 269 g/mol. The quantitative estimate of drug-likeness (QED) is 0.552. The van der Waals surface area contributed by atoms with Gasteiger partial charge in [0.2, 0.25) is 0 Å². The molecule has 0 aromatic carbocycles. The summed E-state index contributed by atoms with van der Waals surface area (Å²) in [5, 5.41) is 0. The number of hydrogen-bond acceptors (Lipinski definition) is 0. The van der Waals surface area contributed by atoms with Crippen molar-refractivity contribution >= 4 is 26.2 Å². The van der Waals surface area contributed by atoms with Crippen molar-refractivity contribution in [3.8, 4) is 0 Å². The predicted molar refractivity (Wildman–Crippen MR) is 32.5 cm³/mol. The Kier molecular flexibility index (Phi) is 3.76. The van der Waals surface area contributed by atoms with E-state index in [-0.39, 0.29) is 26.2 Å². The van der Waals surface area contributed by atoms with Crippen LogP contribution in [-0.4, -0.2) is 26.2 Å². The molecule has 0 amide bonds. The summed E-state index contributed by atoms with van der Waals surface area (Å²) in [6, 6.07) is 0. The Labute approximate surface area is 57.1 Å². The van der Waals surface area contributed by atoms with Crippen LogP contribution >= 0.6 is 0 Å². The van der Waals surface area contributed by atoms with Gasteiger partial charge in [-0.05, 0) is 0 Å². The zero-order valence-corrected chi connectivity index (χ0v) is 9.09. The van der Waals surface area contributed by atoms with Crippen molar-refractivity contribution in [3.63, 3.8) is 0 Å². The molecule has 6 heavy (non-hydrogen) atoms. The molecule has 0 nitrogen and oxygen atoms in total. The van der Waals surface area contributed by atoms with E-state index in [0.29, 0.717) is 0 Å². The zero-order valence-electron chi connectivity index (χ0n) is 3.59. The first-order chi connectivity index (χ1) is 2.50. The van der Waals surface area contributed by atoms with Crippen molar-refractivity contribution in [1.82, 2.24) is 0 Å². The summed E-state index contributed by atoms with van der Waals surface area (Å²) in [6.45, 7) is 0. The van der Waals surface area contributed by atoms with Gasteiger partial charge in [0, 0.05) is 6.42 Å².